The summed E-state index contributed by atoms with van der Waals surface area (Å²) in [4.78, 5) is 10.5. The van der Waals surface area contributed by atoms with Crippen molar-refractivity contribution >= 4 is 11.5 Å². The zero-order valence-electron chi connectivity index (χ0n) is 9.73. The van der Waals surface area contributed by atoms with Gasteiger partial charge in [-0.1, -0.05) is 6.08 Å². The minimum absolute atomic E-state index is 0.0402. The molecule has 0 saturated carbocycles. The van der Waals surface area contributed by atoms with Crippen LogP contribution in [0.15, 0.2) is 12.7 Å². The predicted molar refractivity (Wildman–Crippen MR) is 62.5 cm³/mol. The van der Waals surface area contributed by atoms with Crippen LogP contribution in [0.25, 0.3) is 0 Å². The van der Waals surface area contributed by atoms with Gasteiger partial charge in [-0.15, -0.1) is 6.58 Å². The smallest absolute Gasteiger partial charge is 0.333 e. The second kappa shape index (κ2) is 4.78. The Labute approximate surface area is 94.1 Å². The SMILES string of the molecule is C=CCC(C)Nc1c([N+](=O)[O-])c(C)nn1C. The third kappa shape index (κ3) is 2.39. The molecule has 1 unspecified atom stereocenters. The van der Waals surface area contributed by atoms with E-state index >= 15 is 0 Å². The molecule has 1 rings (SSSR count). The summed E-state index contributed by atoms with van der Waals surface area (Å²) < 4.78 is 1.49. The van der Waals surface area contributed by atoms with E-state index in [0.29, 0.717) is 11.5 Å². The third-order valence-electron chi connectivity index (χ3n) is 2.28. The van der Waals surface area contributed by atoms with Crippen molar-refractivity contribution in [2.24, 2.45) is 7.05 Å². The highest BCUT2D eigenvalue weighted by Crippen LogP contribution is 2.27. The molecule has 0 amide bonds. The summed E-state index contributed by atoms with van der Waals surface area (Å²) in [5.41, 5.74) is 0.458. The molecule has 0 aliphatic rings. The molecular weight excluding hydrogens is 208 g/mol. The zero-order chi connectivity index (χ0) is 12.3. The highest BCUT2D eigenvalue weighted by atomic mass is 16.6. The second-order valence-corrected chi connectivity index (χ2v) is 3.73. The Morgan fingerprint density at radius 2 is 2.38 bits per heavy atom. The van der Waals surface area contributed by atoms with Crippen molar-refractivity contribution in [3.8, 4) is 0 Å². The number of anilines is 1. The first kappa shape index (κ1) is 12.2. The Hall–Kier alpha value is -1.85. The average molecular weight is 224 g/mol. The van der Waals surface area contributed by atoms with E-state index in [1.54, 1.807) is 20.0 Å². The van der Waals surface area contributed by atoms with Crippen LogP contribution < -0.4 is 5.32 Å². The van der Waals surface area contributed by atoms with Crippen LogP contribution in [0.2, 0.25) is 0 Å². The average Bonchev–Trinajstić information content (AvgIpc) is 2.41. The van der Waals surface area contributed by atoms with E-state index in [4.69, 9.17) is 0 Å². The van der Waals surface area contributed by atoms with Crippen molar-refractivity contribution in [2.45, 2.75) is 26.3 Å². The van der Waals surface area contributed by atoms with Gasteiger partial charge >= 0.3 is 5.69 Å². The summed E-state index contributed by atoms with van der Waals surface area (Å²) in [6.07, 6.45) is 2.51. The molecule has 6 heteroatoms. The Balaban J connectivity index is 3.02. The summed E-state index contributed by atoms with van der Waals surface area (Å²) in [7, 11) is 1.68. The van der Waals surface area contributed by atoms with E-state index in [1.165, 1.54) is 4.68 Å². The van der Waals surface area contributed by atoms with Crippen molar-refractivity contribution < 1.29 is 4.92 Å². The van der Waals surface area contributed by atoms with Crippen LogP contribution in [0.3, 0.4) is 0 Å². The van der Waals surface area contributed by atoms with Crippen LogP contribution in [0.4, 0.5) is 11.5 Å². The van der Waals surface area contributed by atoms with E-state index in [-0.39, 0.29) is 11.7 Å². The predicted octanol–water partition coefficient (Wildman–Crippen LogP) is 2.01. The van der Waals surface area contributed by atoms with Gasteiger partial charge in [0.25, 0.3) is 0 Å². The Kier molecular flexibility index (Phi) is 3.65. The molecule has 1 heterocycles. The lowest BCUT2D eigenvalue weighted by molar-refractivity contribution is -0.384. The van der Waals surface area contributed by atoms with Crippen LogP contribution in [-0.2, 0) is 7.05 Å². The fourth-order valence-electron chi connectivity index (χ4n) is 1.57. The summed E-state index contributed by atoms with van der Waals surface area (Å²) >= 11 is 0. The molecule has 1 aromatic heterocycles. The van der Waals surface area contributed by atoms with Gasteiger partial charge in [-0.25, -0.2) is 4.68 Å². The normalized spacial score (nSPS) is 12.2. The number of nitrogens with zero attached hydrogens (tertiary/aromatic N) is 3. The molecule has 1 aromatic rings. The minimum atomic E-state index is -0.411. The molecule has 0 saturated heterocycles. The number of aryl methyl sites for hydroxylation is 2. The Morgan fingerprint density at radius 1 is 1.75 bits per heavy atom. The van der Waals surface area contributed by atoms with E-state index in [9.17, 15) is 10.1 Å². The molecule has 0 aromatic carbocycles. The van der Waals surface area contributed by atoms with Gasteiger partial charge in [-0.2, -0.15) is 5.10 Å². The van der Waals surface area contributed by atoms with E-state index in [1.807, 2.05) is 6.92 Å². The monoisotopic (exact) mass is 224 g/mol. The van der Waals surface area contributed by atoms with E-state index < -0.39 is 4.92 Å². The number of hydrogen-bond acceptors (Lipinski definition) is 4. The summed E-state index contributed by atoms with van der Waals surface area (Å²) in [5, 5.41) is 18.0. The molecule has 0 bridgehead atoms. The molecule has 0 aliphatic carbocycles. The van der Waals surface area contributed by atoms with Gasteiger partial charge in [0.05, 0.1) is 4.92 Å². The number of nitrogens with one attached hydrogen (secondary N) is 1. The topological polar surface area (TPSA) is 73.0 Å². The van der Waals surface area contributed by atoms with Crippen molar-refractivity contribution in [3.63, 3.8) is 0 Å². The number of nitro groups is 1. The highest BCUT2D eigenvalue weighted by Gasteiger charge is 2.24. The van der Waals surface area contributed by atoms with Gasteiger partial charge in [0.2, 0.25) is 5.82 Å². The van der Waals surface area contributed by atoms with Crippen molar-refractivity contribution in [1.29, 1.82) is 0 Å². The lowest BCUT2D eigenvalue weighted by Crippen LogP contribution is -2.17. The lowest BCUT2D eigenvalue weighted by Gasteiger charge is -2.12. The van der Waals surface area contributed by atoms with Gasteiger partial charge in [0.15, 0.2) is 0 Å². The van der Waals surface area contributed by atoms with E-state index in [2.05, 4.69) is 17.0 Å². The zero-order valence-corrected chi connectivity index (χ0v) is 9.73. The number of aromatic nitrogens is 2. The Morgan fingerprint density at radius 3 is 2.88 bits per heavy atom. The van der Waals surface area contributed by atoms with Crippen molar-refractivity contribution in [2.75, 3.05) is 5.32 Å². The molecule has 1 atom stereocenters. The van der Waals surface area contributed by atoms with Crippen LogP contribution >= 0.6 is 0 Å². The first-order valence-corrected chi connectivity index (χ1v) is 5.02. The summed E-state index contributed by atoms with van der Waals surface area (Å²) in [6.45, 7) is 7.20. The molecule has 88 valence electrons. The van der Waals surface area contributed by atoms with Gasteiger partial charge in [0, 0.05) is 13.1 Å². The number of hydrogen-bond donors (Lipinski definition) is 1. The maximum Gasteiger partial charge on any atom is 0.333 e. The highest BCUT2D eigenvalue weighted by molar-refractivity contribution is 5.59. The fourth-order valence-corrected chi connectivity index (χ4v) is 1.57. The first-order valence-electron chi connectivity index (χ1n) is 5.02. The maximum atomic E-state index is 10.9. The molecule has 0 spiro atoms. The Bertz CT molecular complexity index is 411. The second-order valence-electron chi connectivity index (χ2n) is 3.73. The fraction of sp³-hybridized carbons (Fsp3) is 0.500. The molecule has 0 aliphatic heterocycles. The summed E-state index contributed by atoms with van der Waals surface area (Å²) in [5.74, 6) is 0.442. The van der Waals surface area contributed by atoms with Gasteiger partial charge in [0.1, 0.15) is 5.69 Å². The maximum absolute atomic E-state index is 10.9. The van der Waals surface area contributed by atoms with Crippen LogP contribution in [0, 0.1) is 17.0 Å². The van der Waals surface area contributed by atoms with Crippen LogP contribution in [-0.4, -0.2) is 20.7 Å². The van der Waals surface area contributed by atoms with Gasteiger partial charge in [-0.05, 0) is 20.3 Å². The molecule has 0 fully saturated rings. The molecule has 0 radical (unpaired) electrons. The van der Waals surface area contributed by atoms with Gasteiger partial charge in [-0.3, -0.25) is 10.1 Å². The lowest BCUT2D eigenvalue weighted by atomic mass is 10.2. The molecule has 1 N–H and O–H groups in total. The van der Waals surface area contributed by atoms with Crippen molar-refractivity contribution in [3.05, 3.63) is 28.5 Å². The van der Waals surface area contributed by atoms with Crippen LogP contribution in [0.1, 0.15) is 19.0 Å². The molecule has 6 nitrogen and oxygen atoms in total. The third-order valence-corrected chi connectivity index (χ3v) is 2.28. The standard InChI is InChI=1S/C10H16N4O2/c1-5-6-7(2)11-10-9(14(15)16)8(3)12-13(10)4/h5,7,11H,1,6H2,2-4H3. The number of rotatable bonds is 5. The van der Waals surface area contributed by atoms with Crippen molar-refractivity contribution in [1.82, 2.24) is 9.78 Å². The molecular formula is C10H16N4O2. The first-order chi connectivity index (χ1) is 7.47. The quantitative estimate of drug-likeness (QED) is 0.471. The van der Waals surface area contributed by atoms with Gasteiger partial charge < -0.3 is 5.32 Å². The largest absolute Gasteiger partial charge is 0.362 e. The minimum Gasteiger partial charge on any atom is -0.362 e. The van der Waals surface area contributed by atoms with Crippen LogP contribution in [0.5, 0.6) is 0 Å². The van der Waals surface area contributed by atoms with E-state index in [0.717, 1.165) is 6.42 Å². The molecule has 16 heavy (non-hydrogen) atoms. The summed E-state index contributed by atoms with van der Waals surface area (Å²) in [6, 6.07) is 0.0889.